The van der Waals surface area contributed by atoms with Gasteiger partial charge in [-0.1, -0.05) is 26.0 Å². The normalized spacial score (nSPS) is 11.7. The average molecular weight is 461 g/mol. The molecule has 1 heterocycles. The zero-order chi connectivity index (χ0) is 24.7. The van der Waals surface area contributed by atoms with E-state index in [0.29, 0.717) is 17.8 Å². The molecule has 8 nitrogen and oxygen atoms in total. The highest BCUT2D eigenvalue weighted by molar-refractivity contribution is 6.00. The Morgan fingerprint density at radius 3 is 2.36 bits per heavy atom. The number of nitrogens with zero attached hydrogens (tertiary/aromatic N) is 1. The third-order valence-electron chi connectivity index (χ3n) is 5.31. The number of benzene rings is 1. The number of ether oxygens (including phenoxy) is 2. The topological polar surface area (TPSA) is 104 Å². The summed E-state index contributed by atoms with van der Waals surface area (Å²) in [6, 6.07) is 6.05. The van der Waals surface area contributed by atoms with Crippen LogP contribution in [-0.2, 0) is 25.6 Å². The predicted molar refractivity (Wildman–Crippen MR) is 118 cm³/mol. The van der Waals surface area contributed by atoms with Crippen LogP contribution in [0.15, 0.2) is 30.3 Å². The van der Waals surface area contributed by atoms with E-state index in [2.05, 4.69) is 10.1 Å². The van der Waals surface area contributed by atoms with E-state index < -0.39 is 36.1 Å². The van der Waals surface area contributed by atoms with Gasteiger partial charge >= 0.3 is 11.9 Å². The molecule has 0 aliphatic rings. The van der Waals surface area contributed by atoms with Crippen LogP contribution in [0.3, 0.4) is 0 Å². The lowest BCUT2D eigenvalue weighted by molar-refractivity contribution is -0.146. The van der Waals surface area contributed by atoms with E-state index in [-0.39, 0.29) is 23.9 Å². The van der Waals surface area contributed by atoms with Crippen molar-refractivity contribution in [3.63, 3.8) is 0 Å². The lowest BCUT2D eigenvalue weighted by atomic mass is 10.0. The van der Waals surface area contributed by atoms with Crippen LogP contribution in [0.1, 0.15) is 52.4 Å². The molecule has 0 aliphatic heterocycles. The summed E-state index contributed by atoms with van der Waals surface area (Å²) in [6.45, 7) is 6.79. The van der Waals surface area contributed by atoms with Crippen LogP contribution < -0.4 is 5.32 Å². The Bertz CT molecular complexity index is 1040. The molecule has 0 aliphatic carbocycles. The van der Waals surface area contributed by atoms with Gasteiger partial charge in [0.25, 0.3) is 5.91 Å². The summed E-state index contributed by atoms with van der Waals surface area (Å²) in [5.41, 5.74) is 1.61. The molecule has 2 rings (SSSR count). The summed E-state index contributed by atoms with van der Waals surface area (Å²) in [4.78, 5) is 49.1. The smallest absolute Gasteiger partial charge is 0.329 e. The zero-order valence-electron chi connectivity index (χ0n) is 19.4. The molecule has 0 fully saturated rings. The number of esters is 2. The summed E-state index contributed by atoms with van der Waals surface area (Å²) in [5.74, 6) is -3.37. The molecule has 0 spiro atoms. The maximum atomic E-state index is 13.9. The van der Waals surface area contributed by atoms with E-state index >= 15 is 0 Å². The number of hydrogen-bond donors (Lipinski definition) is 1. The predicted octanol–water partition coefficient (Wildman–Crippen LogP) is 2.99. The van der Waals surface area contributed by atoms with Crippen molar-refractivity contribution in [3.05, 3.63) is 58.7 Å². The van der Waals surface area contributed by atoms with Crippen LogP contribution in [0.2, 0.25) is 0 Å². The van der Waals surface area contributed by atoms with Gasteiger partial charge in [-0.2, -0.15) is 0 Å². The molecule has 1 N–H and O–H groups in total. The number of rotatable bonds is 10. The molecule has 0 unspecified atom stereocenters. The molecular formula is C24H29FN2O6. The second-order valence-electron chi connectivity index (χ2n) is 7.97. The van der Waals surface area contributed by atoms with Gasteiger partial charge in [0.15, 0.2) is 6.61 Å². The van der Waals surface area contributed by atoms with Gasteiger partial charge < -0.3 is 19.4 Å². The van der Waals surface area contributed by atoms with Gasteiger partial charge in [-0.15, -0.1) is 0 Å². The lowest BCUT2D eigenvalue weighted by Crippen LogP contribution is -2.46. The van der Waals surface area contributed by atoms with Crippen molar-refractivity contribution in [2.45, 2.75) is 46.7 Å². The highest BCUT2D eigenvalue weighted by Gasteiger charge is 2.28. The zero-order valence-corrected chi connectivity index (χ0v) is 19.4. The first-order valence-electron chi connectivity index (χ1n) is 10.6. The summed E-state index contributed by atoms with van der Waals surface area (Å²) >= 11 is 0. The number of Topliss-reactive ketones (excluding diaryl/α,β-unsaturated/α-hetero) is 1. The maximum Gasteiger partial charge on any atom is 0.329 e. The van der Waals surface area contributed by atoms with Crippen molar-refractivity contribution < 1.29 is 33.0 Å². The van der Waals surface area contributed by atoms with E-state index in [9.17, 15) is 23.6 Å². The SMILES string of the molecule is COC(=O)CCn1c(C)cc(C(=O)COC(=O)[C@@H](NC(=O)c2ccccc2F)C(C)C)c1C. The Morgan fingerprint density at radius 1 is 1.09 bits per heavy atom. The number of aromatic nitrogens is 1. The fraction of sp³-hybridized carbons (Fsp3) is 0.417. The number of ketones is 1. The van der Waals surface area contributed by atoms with E-state index in [4.69, 9.17) is 4.74 Å². The fourth-order valence-electron chi connectivity index (χ4n) is 3.40. The monoisotopic (exact) mass is 460 g/mol. The Labute approximate surface area is 192 Å². The molecule has 2 aromatic rings. The molecule has 0 bridgehead atoms. The number of carbonyl (C=O) groups is 4. The summed E-state index contributed by atoms with van der Waals surface area (Å²) in [6.07, 6.45) is 0.160. The molecule has 1 atom stereocenters. The van der Waals surface area contributed by atoms with Crippen LogP contribution in [0.25, 0.3) is 0 Å². The first-order chi connectivity index (χ1) is 15.6. The fourth-order valence-corrected chi connectivity index (χ4v) is 3.40. The van der Waals surface area contributed by atoms with E-state index in [1.807, 2.05) is 4.57 Å². The van der Waals surface area contributed by atoms with Gasteiger partial charge in [0, 0.05) is 23.5 Å². The van der Waals surface area contributed by atoms with Crippen LogP contribution >= 0.6 is 0 Å². The first kappa shape index (κ1) is 25.8. The standard InChI is InChI=1S/C24H29FN2O6/c1-14(2)22(26-23(30)17-8-6-7-9-19(17)25)24(31)33-13-20(28)18-12-15(3)27(16(18)4)11-10-21(29)32-5/h6-9,12,14,22H,10-11,13H2,1-5H3,(H,26,30)/t22-/m0/s1. The van der Waals surface area contributed by atoms with Gasteiger partial charge in [0.1, 0.15) is 11.9 Å². The first-order valence-corrected chi connectivity index (χ1v) is 10.6. The highest BCUT2D eigenvalue weighted by atomic mass is 19.1. The Balaban J connectivity index is 2.04. The van der Waals surface area contributed by atoms with Gasteiger partial charge in [-0.3, -0.25) is 14.4 Å². The molecule has 9 heteroatoms. The van der Waals surface area contributed by atoms with Crippen molar-refractivity contribution in [3.8, 4) is 0 Å². The van der Waals surface area contributed by atoms with Crippen molar-refractivity contribution in [2.75, 3.05) is 13.7 Å². The molecule has 1 amide bonds. The highest BCUT2D eigenvalue weighted by Crippen LogP contribution is 2.17. The lowest BCUT2D eigenvalue weighted by Gasteiger charge is -2.21. The van der Waals surface area contributed by atoms with E-state index in [0.717, 1.165) is 11.8 Å². The minimum absolute atomic E-state index is 0.160. The number of aryl methyl sites for hydroxylation is 1. The van der Waals surface area contributed by atoms with E-state index in [1.165, 1.54) is 25.3 Å². The molecule has 1 aromatic heterocycles. The minimum atomic E-state index is -1.06. The second kappa shape index (κ2) is 11.4. The van der Waals surface area contributed by atoms with Crippen LogP contribution in [-0.4, -0.2) is 48.0 Å². The van der Waals surface area contributed by atoms with Gasteiger partial charge in [0.2, 0.25) is 5.78 Å². The van der Waals surface area contributed by atoms with Gasteiger partial charge in [-0.05, 0) is 38.0 Å². The molecule has 33 heavy (non-hydrogen) atoms. The summed E-state index contributed by atoms with van der Waals surface area (Å²) < 4.78 is 25.5. The summed E-state index contributed by atoms with van der Waals surface area (Å²) in [5, 5.41) is 2.48. The van der Waals surface area contributed by atoms with Gasteiger partial charge in [-0.25, -0.2) is 9.18 Å². The van der Waals surface area contributed by atoms with Gasteiger partial charge in [0.05, 0.1) is 19.1 Å². The Hall–Kier alpha value is -3.49. The Kier molecular flexibility index (Phi) is 8.90. The van der Waals surface area contributed by atoms with Crippen molar-refractivity contribution in [1.29, 1.82) is 0 Å². The average Bonchev–Trinajstić information content (AvgIpc) is 3.07. The summed E-state index contributed by atoms with van der Waals surface area (Å²) in [7, 11) is 1.31. The number of carbonyl (C=O) groups excluding carboxylic acids is 4. The largest absolute Gasteiger partial charge is 0.469 e. The molecule has 0 saturated carbocycles. The van der Waals surface area contributed by atoms with E-state index in [1.54, 1.807) is 33.8 Å². The Morgan fingerprint density at radius 2 is 1.76 bits per heavy atom. The van der Waals surface area contributed by atoms with Crippen molar-refractivity contribution in [2.24, 2.45) is 5.92 Å². The van der Waals surface area contributed by atoms with Crippen LogP contribution in [0.5, 0.6) is 0 Å². The van der Waals surface area contributed by atoms with Crippen molar-refractivity contribution >= 4 is 23.6 Å². The molecular weight excluding hydrogens is 431 g/mol. The quantitative estimate of drug-likeness (QED) is 0.432. The number of hydrogen-bond acceptors (Lipinski definition) is 6. The maximum absolute atomic E-state index is 13.9. The number of methoxy groups -OCH3 is 1. The molecule has 0 radical (unpaired) electrons. The third-order valence-corrected chi connectivity index (χ3v) is 5.31. The third kappa shape index (κ3) is 6.50. The van der Waals surface area contributed by atoms with Crippen LogP contribution in [0.4, 0.5) is 4.39 Å². The number of nitrogens with one attached hydrogen (secondary N) is 1. The minimum Gasteiger partial charge on any atom is -0.469 e. The molecule has 178 valence electrons. The molecule has 1 aromatic carbocycles. The molecule has 0 saturated heterocycles. The number of halogens is 1. The number of amides is 1. The van der Waals surface area contributed by atoms with Crippen LogP contribution in [0, 0.1) is 25.6 Å². The van der Waals surface area contributed by atoms with Crippen molar-refractivity contribution in [1.82, 2.24) is 9.88 Å². The second-order valence-corrected chi connectivity index (χ2v) is 7.97.